The topological polar surface area (TPSA) is 101 Å². The van der Waals surface area contributed by atoms with Crippen LogP contribution >= 0.6 is 11.3 Å². The Morgan fingerprint density at radius 1 is 1.10 bits per heavy atom. The number of carbonyl (C=O) groups excluding carboxylic acids is 1. The third-order valence-corrected chi connectivity index (χ3v) is 7.19. The van der Waals surface area contributed by atoms with Crippen molar-refractivity contribution in [2.24, 2.45) is 0 Å². The Hall–Kier alpha value is -2.82. The number of benzene rings is 2. The van der Waals surface area contributed by atoms with E-state index in [1.807, 2.05) is 55.5 Å². The molecule has 1 amide bonds. The molecule has 1 N–H and O–H groups in total. The van der Waals surface area contributed by atoms with Crippen molar-refractivity contribution in [1.82, 2.24) is 14.5 Å². The van der Waals surface area contributed by atoms with E-state index in [4.69, 9.17) is 4.74 Å². The van der Waals surface area contributed by atoms with Gasteiger partial charge >= 0.3 is 0 Å². The molecular formula is C20H22N4O4S2. The van der Waals surface area contributed by atoms with Gasteiger partial charge in [-0.3, -0.25) is 10.1 Å². The fourth-order valence-corrected chi connectivity index (χ4v) is 4.84. The van der Waals surface area contributed by atoms with Gasteiger partial charge in [0.25, 0.3) is 15.9 Å². The van der Waals surface area contributed by atoms with Gasteiger partial charge in [0.2, 0.25) is 9.47 Å². The van der Waals surface area contributed by atoms with Crippen LogP contribution in [0.1, 0.15) is 18.9 Å². The van der Waals surface area contributed by atoms with Crippen LogP contribution < -0.4 is 10.1 Å². The number of carbonyl (C=O) groups is 1. The molecule has 0 spiro atoms. The SMILES string of the molecule is CC[C@H](Oc1ccccc1)C(=O)Nc1nnc(S(=O)(=O)N(C)Cc2ccccc2)s1. The molecule has 0 aliphatic carbocycles. The van der Waals surface area contributed by atoms with Gasteiger partial charge in [-0.25, -0.2) is 8.42 Å². The van der Waals surface area contributed by atoms with Crippen LogP contribution in [0, 0.1) is 0 Å². The quantitative estimate of drug-likeness (QED) is 0.507. The minimum absolute atomic E-state index is 0.0989. The summed E-state index contributed by atoms with van der Waals surface area (Å²) in [5.74, 6) is 0.154. The molecule has 0 unspecified atom stereocenters. The van der Waals surface area contributed by atoms with Gasteiger partial charge in [0, 0.05) is 13.6 Å². The molecule has 0 radical (unpaired) electrons. The molecule has 0 saturated heterocycles. The third kappa shape index (κ3) is 5.41. The van der Waals surface area contributed by atoms with Gasteiger partial charge in [-0.2, -0.15) is 4.31 Å². The highest BCUT2D eigenvalue weighted by atomic mass is 32.2. The van der Waals surface area contributed by atoms with E-state index in [1.54, 1.807) is 12.1 Å². The van der Waals surface area contributed by atoms with Crippen LogP contribution in [0.2, 0.25) is 0 Å². The average molecular weight is 447 g/mol. The highest BCUT2D eigenvalue weighted by Gasteiger charge is 2.27. The molecule has 0 aliphatic heterocycles. The summed E-state index contributed by atoms with van der Waals surface area (Å²) < 4.78 is 32.2. The second kappa shape index (κ2) is 9.79. The molecule has 8 nitrogen and oxygen atoms in total. The number of ether oxygens (including phenoxy) is 1. The first-order valence-electron chi connectivity index (χ1n) is 9.26. The molecule has 0 fully saturated rings. The van der Waals surface area contributed by atoms with Crippen molar-refractivity contribution < 1.29 is 17.9 Å². The molecule has 30 heavy (non-hydrogen) atoms. The van der Waals surface area contributed by atoms with Crippen LogP contribution in [0.15, 0.2) is 65.0 Å². The Labute approximate surface area is 179 Å². The van der Waals surface area contributed by atoms with E-state index in [2.05, 4.69) is 15.5 Å². The molecule has 2 aromatic carbocycles. The summed E-state index contributed by atoms with van der Waals surface area (Å²) in [5, 5.41) is 10.3. The monoisotopic (exact) mass is 446 g/mol. The number of anilines is 1. The van der Waals surface area contributed by atoms with Crippen LogP contribution in [0.25, 0.3) is 0 Å². The van der Waals surface area contributed by atoms with Crippen molar-refractivity contribution in [2.45, 2.75) is 30.3 Å². The third-order valence-electron chi connectivity index (χ3n) is 4.20. The second-order valence-corrected chi connectivity index (χ2v) is 9.63. The molecule has 3 rings (SSSR count). The van der Waals surface area contributed by atoms with Crippen molar-refractivity contribution in [3.63, 3.8) is 0 Å². The largest absolute Gasteiger partial charge is 0.481 e. The molecule has 10 heteroatoms. The maximum atomic E-state index is 12.8. The van der Waals surface area contributed by atoms with E-state index in [1.165, 1.54) is 11.4 Å². The maximum Gasteiger partial charge on any atom is 0.272 e. The number of hydrogen-bond donors (Lipinski definition) is 1. The number of para-hydroxylation sites is 1. The number of aromatic nitrogens is 2. The maximum absolute atomic E-state index is 12.8. The van der Waals surface area contributed by atoms with E-state index < -0.39 is 22.0 Å². The van der Waals surface area contributed by atoms with Crippen molar-refractivity contribution in [2.75, 3.05) is 12.4 Å². The molecule has 1 heterocycles. The molecule has 158 valence electrons. The Kier molecular flexibility index (Phi) is 7.14. The van der Waals surface area contributed by atoms with Crippen LogP contribution in [0.5, 0.6) is 5.75 Å². The number of hydrogen-bond acceptors (Lipinski definition) is 7. The molecule has 0 aliphatic rings. The first-order chi connectivity index (χ1) is 14.4. The van der Waals surface area contributed by atoms with E-state index in [0.717, 1.165) is 16.9 Å². The number of amides is 1. The molecule has 1 atom stereocenters. The first-order valence-corrected chi connectivity index (χ1v) is 11.5. The average Bonchev–Trinajstić information content (AvgIpc) is 3.22. The summed E-state index contributed by atoms with van der Waals surface area (Å²) in [4.78, 5) is 12.5. The highest BCUT2D eigenvalue weighted by molar-refractivity contribution is 7.91. The predicted molar refractivity (Wildman–Crippen MR) is 115 cm³/mol. The standard InChI is InChI=1S/C20H22N4O4S2/c1-3-17(28-16-12-8-5-9-13-16)18(25)21-19-22-23-20(29-19)30(26,27)24(2)14-15-10-6-4-7-11-15/h4-13,17H,3,14H2,1-2H3,(H,21,22,25)/t17-/m0/s1. The summed E-state index contributed by atoms with van der Waals surface area (Å²) in [5.41, 5.74) is 0.852. The zero-order valence-electron chi connectivity index (χ0n) is 16.6. The molecule has 1 aromatic heterocycles. The zero-order chi connectivity index (χ0) is 21.6. The summed E-state index contributed by atoms with van der Waals surface area (Å²) >= 11 is 0.802. The van der Waals surface area contributed by atoms with E-state index in [0.29, 0.717) is 12.2 Å². The summed E-state index contributed by atoms with van der Waals surface area (Å²) in [7, 11) is -2.36. The van der Waals surface area contributed by atoms with Crippen LogP contribution in [0.3, 0.4) is 0 Å². The van der Waals surface area contributed by atoms with E-state index >= 15 is 0 Å². The molecule has 0 saturated carbocycles. The predicted octanol–water partition coefficient (Wildman–Crippen LogP) is 3.15. The Morgan fingerprint density at radius 3 is 2.37 bits per heavy atom. The normalized spacial score (nSPS) is 12.5. The fourth-order valence-electron chi connectivity index (χ4n) is 2.59. The molecule has 0 bridgehead atoms. The summed E-state index contributed by atoms with van der Waals surface area (Å²) in [6.07, 6.45) is -0.304. The van der Waals surface area contributed by atoms with Gasteiger partial charge in [-0.1, -0.05) is 66.8 Å². The van der Waals surface area contributed by atoms with Crippen LogP contribution in [-0.2, 0) is 21.4 Å². The smallest absolute Gasteiger partial charge is 0.272 e. The number of rotatable bonds is 9. The highest BCUT2D eigenvalue weighted by Crippen LogP contribution is 2.24. The fraction of sp³-hybridized carbons (Fsp3) is 0.250. The number of sulfonamides is 1. The van der Waals surface area contributed by atoms with Gasteiger partial charge < -0.3 is 4.74 Å². The van der Waals surface area contributed by atoms with Crippen molar-refractivity contribution in [1.29, 1.82) is 0 Å². The van der Waals surface area contributed by atoms with Gasteiger partial charge in [-0.05, 0) is 24.1 Å². The lowest BCUT2D eigenvalue weighted by Crippen LogP contribution is -2.32. The van der Waals surface area contributed by atoms with Gasteiger partial charge in [0.15, 0.2) is 6.10 Å². The van der Waals surface area contributed by atoms with Gasteiger partial charge in [-0.15, -0.1) is 10.2 Å². The van der Waals surface area contributed by atoms with Crippen molar-refractivity contribution in [3.05, 3.63) is 66.2 Å². The summed E-state index contributed by atoms with van der Waals surface area (Å²) in [6, 6.07) is 18.2. The Bertz CT molecular complexity index is 1070. The number of nitrogens with one attached hydrogen (secondary N) is 1. The Balaban J connectivity index is 1.66. The van der Waals surface area contributed by atoms with Crippen LogP contribution in [-0.4, -0.2) is 42.0 Å². The van der Waals surface area contributed by atoms with E-state index in [-0.39, 0.29) is 16.0 Å². The minimum Gasteiger partial charge on any atom is -0.481 e. The minimum atomic E-state index is -3.83. The van der Waals surface area contributed by atoms with Crippen molar-refractivity contribution in [3.8, 4) is 5.75 Å². The zero-order valence-corrected chi connectivity index (χ0v) is 18.2. The van der Waals surface area contributed by atoms with E-state index in [9.17, 15) is 13.2 Å². The van der Waals surface area contributed by atoms with Gasteiger partial charge in [0.1, 0.15) is 5.75 Å². The number of nitrogens with zero attached hydrogens (tertiary/aromatic N) is 3. The van der Waals surface area contributed by atoms with Gasteiger partial charge in [0.05, 0.1) is 0 Å². The summed E-state index contributed by atoms with van der Waals surface area (Å²) in [6.45, 7) is 2.02. The lowest BCUT2D eigenvalue weighted by Gasteiger charge is -2.16. The van der Waals surface area contributed by atoms with Crippen LogP contribution in [0.4, 0.5) is 5.13 Å². The lowest BCUT2D eigenvalue weighted by molar-refractivity contribution is -0.122. The second-order valence-electron chi connectivity index (χ2n) is 6.44. The van der Waals surface area contributed by atoms with Crippen molar-refractivity contribution >= 4 is 32.4 Å². The molecule has 3 aromatic rings. The first kappa shape index (κ1) is 21.9. The Morgan fingerprint density at radius 2 is 1.73 bits per heavy atom. The molecular weight excluding hydrogens is 424 g/mol. The lowest BCUT2D eigenvalue weighted by atomic mass is 10.2.